The lowest BCUT2D eigenvalue weighted by atomic mass is 9.63. The number of imidazole rings is 1. The lowest BCUT2D eigenvalue weighted by molar-refractivity contribution is -0.129. The molecular formula is C24H16B3ClF2N8O2. The Labute approximate surface area is 235 Å². The Bertz CT molecular complexity index is 1680. The van der Waals surface area contributed by atoms with Crippen LogP contribution in [-0.4, -0.2) is 80.7 Å². The third kappa shape index (κ3) is 4.33. The van der Waals surface area contributed by atoms with Crippen LogP contribution in [-0.2, 0) is 10.2 Å². The molecule has 1 aromatic carbocycles. The Morgan fingerprint density at radius 2 is 1.98 bits per heavy atom. The average molecular weight is 554 g/mol. The van der Waals surface area contributed by atoms with Gasteiger partial charge in [0.25, 0.3) is 0 Å². The molecule has 2 atom stereocenters. The number of fused-ring (bicyclic) bond motifs is 1. The maximum absolute atomic E-state index is 15.3. The summed E-state index contributed by atoms with van der Waals surface area (Å²) in [6.07, 6.45) is 5.36. The van der Waals surface area contributed by atoms with Gasteiger partial charge in [-0.1, -0.05) is 11.6 Å². The maximum Gasteiger partial charge on any atom is 0.247 e. The molecule has 0 bridgehead atoms. The zero-order valence-electron chi connectivity index (χ0n) is 20.6. The number of amides is 1. The van der Waals surface area contributed by atoms with Crippen LogP contribution in [0.2, 0.25) is 5.02 Å². The van der Waals surface area contributed by atoms with E-state index in [0.29, 0.717) is 36.3 Å². The number of aliphatic hydroxyl groups is 1. The van der Waals surface area contributed by atoms with Gasteiger partial charge in [0.2, 0.25) is 5.91 Å². The van der Waals surface area contributed by atoms with E-state index in [-0.39, 0.29) is 39.4 Å². The van der Waals surface area contributed by atoms with E-state index in [2.05, 4.69) is 30.5 Å². The summed E-state index contributed by atoms with van der Waals surface area (Å²) in [5.74, 6) is -1.67. The number of aromatic nitrogens is 7. The van der Waals surface area contributed by atoms with Crippen molar-refractivity contribution in [3.05, 3.63) is 70.5 Å². The normalized spacial score (nSPS) is 19.1. The molecule has 2 aliphatic heterocycles. The second kappa shape index (κ2) is 9.67. The predicted molar refractivity (Wildman–Crippen MR) is 142 cm³/mol. The van der Waals surface area contributed by atoms with Crippen LogP contribution >= 0.6 is 11.6 Å². The number of H-pyrrole nitrogens is 1. The second-order valence-electron chi connectivity index (χ2n) is 9.61. The number of hydrogen-bond donors (Lipinski definition) is 2. The first kappa shape index (κ1) is 26.4. The number of aromatic amines is 1. The number of nitrogens with one attached hydrogen (secondary N) is 1. The summed E-state index contributed by atoms with van der Waals surface area (Å²) in [6.45, 7) is 0. The van der Waals surface area contributed by atoms with Crippen molar-refractivity contribution >= 4 is 52.2 Å². The quantitative estimate of drug-likeness (QED) is 0.355. The second-order valence-corrected chi connectivity index (χ2v) is 10.0. The van der Waals surface area contributed by atoms with E-state index >= 15 is 8.78 Å². The van der Waals surface area contributed by atoms with Crippen molar-refractivity contribution in [3.8, 4) is 16.9 Å². The van der Waals surface area contributed by atoms with Crippen LogP contribution in [0.15, 0.2) is 36.8 Å². The predicted octanol–water partition coefficient (Wildman–Crippen LogP) is 1.13. The molecule has 6 radical (unpaired) electrons. The highest BCUT2D eigenvalue weighted by Gasteiger charge is 2.42. The van der Waals surface area contributed by atoms with E-state index in [0.717, 1.165) is 0 Å². The maximum atomic E-state index is 15.3. The molecular weight excluding hydrogens is 538 g/mol. The first-order chi connectivity index (χ1) is 19.0. The largest absolute Gasteiger partial charge is 0.403 e. The first-order valence-electron chi connectivity index (χ1n) is 12.1. The molecule has 0 spiro atoms. The minimum atomic E-state index is -2.51. The zero-order valence-corrected chi connectivity index (χ0v) is 21.3. The van der Waals surface area contributed by atoms with Gasteiger partial charge in [0.15, 0.2) is 11.6 Å². The van der Waals surface area contributed by atoms with E-state index < -0.39 is 28.8 Å². The molecule has 0 unspecified atom stereocenters. The van der Waals surface area contributed by atoms with Gasteiger partial charge in [-0.05, 0) is 59.1 Å². The number of carbonyl (C=O) groups is 1. The summed E-state index contributed by atoms with van der Waals surface area (Å²) in [7, 11) is 17.0. The van der Waals surface area contributed by atoms with E-state index in [1.165, 1.54) is 35.4 Å². The van der Waals surface area contributed by atoms with Crippen LogP contribution in [0.1, 0.15) is 42.4 Å². The smallest absolute Gasteiger partial charge is 0.247 e. The molecule has 0 saturated carbocycles. The molecule has 1 fully saturated rings. The van der Waals surface area contributed by atoms with Crippen molar-refractivity contribution in [2.75, 3.05) is 0 Å². The molecule has 1 saturated heterocycles. The van der Waals surface area contributed by atoms with E-state index in [1.807, 2.05) is 0 Å². The number of hydrogen-bond acceptors (Lipinski definition) is 7. The van der Waals surface area contributed by atoms with E-state index in [9.17, 15) is 9.90 Å². The topological polar surface area (TPSA) is 126 Å². The van der Waals surface area contributed by atoms with Gasteiger partial charge in [-0.2, -0.15) is 4.68 Å². The van der Waals surface area contributed by atoms with Crippen molar-refractivity contribution in [2.45, 2.75) is 36.7 Å². The molecule has 10 nitrogen and oxygen atoms in total. The van der Waals surface area contributed by atoms with E-state index in [4.69, 9.17) is 35.1 Å². The van der Waals surface area contributed by atoms with Crippen LogP contribution in [0, 0.1) is 11.6 Å². The number of tetrazole rings is 1. The summed E-state index contributed by atoms with van der Waals surface area (Å²) in [4.78, 5) is 26.3. The molecule has 0 aliphatic carbocycles. The lowest BCUT2D eigenvalue weighted by Gasteiger charge is -2.33. The molecule has 194 valence electrons. The van der Waals surface area contributed by atoms with Crippen molar-refractivity contribution in [1.82, 2.24) is 40.1 Å². The van der Waals surface area contributed by atoms with Crippen LogP contribution in [0.4, 0.5) is 8.78 Å². The monoisotopic (exact) mass is 554 g/mol. The highest BCUT2D eigenvalue weighted by Crippen LogP contribution is 2.44. The van der Waals surface area contributed by atoms with Crippen LogP contribution in [0.3, 0.4) is 0 Å². The SMILES string of the molecule is [B]c1[nH]c([C@@H]2CC[C@@H]3CC(c4c(-n5cnnn5)ccc(Cl)c4F)=CC(=O)N32)nc1-c1ccnc(C([B])([B])O)c1F. The minimum Gasteiger partial charge on any atom is -0.403 e. The molecule has 6 rings (SSSR count). The van der Waals surface area contributed by atoms with Gasteiger partial charge in [0.1, 0.15) is 35.7 Å². The van der Waals surface area contributed by atoms with Gasteiger partial charge in [0, 0.05) is 34.8 Å². The molecule has 16 heteroatoms. The van der Waals surface area contributed by atoms with Gasteiger partial charge >= 0.3 is 0 Å². The van der Waals surface area contributed by atoms with Crippen LogP contribution in [0.5, 0.6) is 0 Å². The Morgan fingerprint density at radius 1 is 1.18 bits per heavy atom. The molecule has 3 aromatic heterocycles. The lowest BCUT2D eigenvalue weighted by Crippen LogP contribution is -2.39. The number of rotatable bonds is 5. The third-order valence-corrected chi connectivity index (χ3v) is 7.38. The highest BCUT2D eigenvalue weighted by atomic mass is 35.5. The molecule has 1 amide bonds. The number of pyridine rings is 1. The average Bonchev–Trinajstić information content (AvgIpc) is 3.65. The summed E-state index contributed by atoms with van der Waals surface area (Å²) in [5, 5.41) is 18.3. The molecule has 2 N–H and O–H groups in total. The van der Waals surface area contributed by atoms with Crippen molar-refractivity contribution in [1.29, 1.82) is 0 Å². The molecule has 4 aromatic rings. The van der Waals surface area contributed by atoms with Gasteiger partial charge in [-0.3, -0.25) is 9.78 Å². The molecule has 5 heterocycles. The zero-order chi connectivity index (χ0) is 28.3. The first-order valence-corrected chi connectivity index (χ1v) is 12.5. The fraction of sp³-hybridized carbons (Fsp3) is 0.250. The number of halogens is 3. The number of carbonyl (C=O) groups excluding carboxylic acids is 1. The third-order valence-electron chi connectivity index (χ3n) is 7.09. The number of benzene rings is 1. The Hall–Kier alpha value is -3.84. The number of nitrogens with zero attached hydrogens (tertiary/aromatic N) is 7. The van der Waals surface area contributed by atoms with Crippen molar-refractivity contribution in [2.24, 2.45) is 0 Å². The summed E-state index contributed by atoms with van der Waals surface area (Å²) >= 11 is 6.09. The summed E-state index contributed by atoms with van der Waals surface area (Å²) < 4.78 is 31.8. The van der Waals surface area contributed by atoms with Crippen LogP contribution < -0.4 is 5.59 Å². The standard InChI is InChI=1S/C24H16B3ClF2N8O2/c25-22-20(12-5-6-31-21(18(12)29)24(26,27)40)33-23(34-22)15-3-1-11-7-10(8-16(39)38(11)15)17-14(37-9-32-35-36-37)4-2-13(28)19(17)30/h2,4-6,8-9,11,15,40H,1,3,7H2,(H,33,34)/t11-,15+/m1/s1. The highest BCUT2D eigenvalue weighted by molar-refractivity contribution is 6.38. The Morgan fingerprint density at radius 3 is 2.70 bits per heavy atom. The minimum absolute atomic E-state index is 0.0415. The van der Waals surface area contributed by atoms with E-state index in [1.54, 1.807) is 11.0 Å². The molecule has 2 aliphatic rings. The molecule has 40 heavy (non-hydrogen) atoms. The Kier molecular flexibility index (Phi) is 6.38. The van der Waals surface area contributed by atoms with Gasteiger partial charge in [-0.15, -0.1) is 5.10 Å². The Balaban J connectivity index is 1.35. The summed E-state index contributed by atoms with van der Waals surface area (Å²) in [5.41, 5.74) is 0.388. The fourth-order valence-corrected chi connectivity index (χ4v) is 5.54. The van der Waals surface area contributed by atoms with Crippen molar-refractivity contribution < 1.29 is 18.7 Å². The fourth-order valence-electron chi connectivity index (χ4n) is 5.38. The van der Waals surface area contributed by atoms with Crippen molar-refractivity contribution in [3.63, 3.8) is 0 Å². The van der Waals surface area contributed by atoms with Gasteiger partial charge in [-0.25, -0.2) is 13.8 Å². The summed E-state index contributed by atoms with van der Waals surface area (Å²) in [6, 6.07) is 3.52. The van der Waals surface area contributed by atoms with Crippen LogP contribution in [0.25, 0.3) is 22.5 Å². The van der Waals surface area contributed by atoms with Gasteiger partial charge in [0.05, 0.1) is 28.1 Å². The van der Waals surface area contributed by atoms with Gasteiger partial charge < -0.3 is 15.0 Å².